The number of rotatable bonds is 6. The van der Waals surface area contributed by atoms with Gasteiger partial charge in [0.15, 0.2) is 0 Å². The molecule has 1 aromatic heterocycles. The summed E-state index contributed by atoms with van der Waals surface area (Å²) in [5.41, 5.74) is 0.443. The minimum absolute atomic E-state index is 0.0139. The third-order valence-corrected chi connectivity index (χ3v) is 8.36. The number of fused-ring (bicyclic) bond motifs is 1. The molecule has 194 valence electrons. The highest BCUT2D eigenvalue weighted by atomic mass is 35.5. The first-order valence-electron chi connectivity index (χ1n) is 11.7. The molecule has 37 heavy (non-hydrogen) atoms. The molecule has 2 heterocycles. The number of thioether (sulfide) groups is 1. The van der Waals surface area contributed by atoms with Crippen molar-refractivity contribution in [3.8, 4) is 0 Å². The second-order valence-electron chi connectivity index (χ2n) is 9.66. The molecule has 5 rings (SSSR count). The van der Waals surface area contributed by atoms with Crippen LogP contribution in [0.4, 0.5) is 18.0 Å². The van der Waals surface area contributed by atoms with Crippen molar-refractivity contribution in [2.45, 2.75) is 37.5 Å². The Morgan fingerprint density at radius 1 is 1.16 bits per heavy atom. The van der Waals surface area contributed by atoms with Crippen LogP contribution >= 0.6 is 23.4 Å². The molecule has 1 saturated heterocycles. The van der Waals surface area contributed by atoms with E-state index in [2.05, 4.69) is 10.00 Å². The summed E-state index contributed by atoms with van der Waals surface area (Å²) in [5, 5.41) is 4.72. The highest BCUT2D eigenvalue weighted by molar-refractivity contribution is 8.18. The third-order valence-electron chi connectivity index (χ3n) is 7.22. The van der Waals surface area contributed by atoms with Crippen molar-refractivity contribution in [2.75, 3.05) is 20.6 Å². The zero-order valence-corrected chi connectivity index (χ0v) is 21.8. The predicted octanol–water partition coefficient (Wildman–Crippen LogP) is 6.28. The van der Waals surface area contributed by atoms with Crippen molar-refractivity contribution in [3.05, 3.63) is 69.2 Å². The normalized spacial score (nSPS) is 18.9. The van der Waals surface area contributed by atoms with E-state index in [1.807, 2.05) is 14.1 Å². The lowest BCUT2D eigenvalue weighted by Crippen LogP contribution is -2.57. The van der Waals surface area contributed by atoms with Crippen LogP contribution in [-0.2, 0) is 17.5 Å². The first kappa shape index (κ1) is 25.8. The van der Waals surface area contributed by atoms with Gasteiger partial charge in [0, 0.05) is 22.5 Å². The number of hydrogen-bond acceptors (Lipinski definition) is 5. The van der Waals surface area contributed by atoms with Gasteiger partial charge in [0.2, 0.25) is 0 Å². The predicted molar refractivity (Wildman–Crippen MR) is 138 cm³/mol. The van der Waals surface area contributed by atoms with Crippen molar-refractivity contribution >= 4 is 51.5 Å². The van der Waals surface area contributed by atoms with Crippen molar-refractivity contribution < 1.29 is 22.8 Å². The molecule has 0 N–H and O–H groups in total. The van der Waals surface area contributed by atoms with E-state index in [0.717, 1.165) is 37.1 Å². The van der Waals surface area contributed by atoms with Crippen LogP contribution in [0.2, 0.25) is 5.02 Å². The Balaban J connectivity index is 1.38. The zero-order chi connectivity index (χ0) is 26.5. The van der Waals surface area contributed by atoms with Gasteiger partial charge in [-0.1, -0.05) is 23.7 Å². The zero-order valence-electron chi connectivity index (χ0n) is 20.2. The van der Waals surface area contributed by atoms with Gasteiger partial charge in [-0.15, -0.1) is 0 Å². The van der Waals surface area contributed by atoms with Crippen molar-refractivity contribution in [3.63, 3.8) is 0 Å². The van der Waals surface area contributed by atoms with Crippen LogP contribution in [0, 0.1) is 0 Å². The van der Waals surface area contributed by atoms with Gasteiger partial charge in [0.1, 0.15) is 0 Å². The number of alkyl halides is 3. The molecule has 1 aliphatic carbocycles. The van der Waals surface area contributed by atoms with E-state index in [1.54, 1.807) is 30.5 Å². The summed E-state index contributed by atoms with van der Waals surface area (Å²) in [6, 6.07) is 9.00. The molecular weight excluding hydrogens is 525 g/mol. The van der Waals surface area contributed by atoms with Crippen LogP contribution < -0.4 is 0 Å². The van der Waals surface area contributed by atoms with Crippen molar-refractivity contribution in [1.29, 1.82) is 0 Å². The van der Waals surface area contributed by atoms with E-state index in [9.17, 15) is 22.8 Å². The molecule has 0 bridgehead atoms. The number of hydrogen-bond donors (Lipinski definition) is 0. The van der Waals surface area contributed by atoms with Gasteiger partial charge < -0.3 is 4.90 Å². The monoisotopic (exact) mass is 548 g/mol. The van der Waals surface area contributed by atoms with E-state index in [-0.39, 0.29) is 33.8 Å². The van der Waals surface area contributed by atoms with E-state index in [0.29, 0.717) is 27.9 Å². The SMILES string of the molecule is CN(C)C1(CN2C(=O)SC(=Cc3ccc4c(cnn4Cc4ccc(Cl)cc4C(F)(F)F)c3)C2=O)CCC1. The van der Waals surface area contributed by atoms with E-state index < -0.39 is 11.7 Å². The Labute approximate surface area is 221 Å². The summed E-state index contributed by atoms with van der Waals surface area (Å²) in [6.07, 6.45) is 1.67. The summed E-state index contributed by atoms with van der Waals surface area (Å²) in [7, 11) is 3.95. The van der Waals surface area contributed by atoms with Crippen LogP contribution in [0.15, 0.2) is 47.5 Å². The molecule has 0 radical (unpaired) electrons. The standard InChI is InChI=1S/C26H24ClF3N4O2S/c1-32(2)25(8-3-9-25)15-33-23(35)22(37-24(33)36)11-16-4-7-21-18(10-16)13-31-34(21)14-17-5-6-19(27)12-20(17)26(28,29)30/h4-7,10-13H,3,8-9,14-15H2,1-2H3. The number of amides is 2. The third kappa shape index (κ3) is 4.89. The number of nitrogens with zero attached hydrogens (tertiary/aromatic N) is 4. The lowest BCUT2D eigenvalue weighted by Gasteiger charge is -2.48. The minimum atomic E-state index is -4.54. The van der Waals surface area contributed by atoms with Crippen LogP contribution in [-0.4, -0.2) is 56.9 Å². The Bertz CT molecular complexity index is 1430. The number of carbonyl (C=O) groups is 2. The molecule has 2 fully saturated rings. The number of carbonyl (C=O) groups excluding carboxylic acids is 2. The molecule has 0 atom stereocenters. The topological polar surface area (TPSA) is 58.4 Å². The number of imide groups is 1. The molecular formula is C26H24ClF3N4O2S. The Morgan fingerprint density at radius 3 is 2.57 bits per heavy atom. The Morgan fingerprint density at radius 2 is 1.92 bits per heavy atom. The molecule has 2 aliphatic rings. The van der Waals surface area contributed by atoms with Crippen LogP contribution in [0.5, 0.6) is 0 Å². The average molecular weight is 549 g/mol. The Hall–Kier alpha value is -2.82. The fraction of sp³-hybridized carbons (Fsp3) is 0.346. The second kappa shape index (κ2) is 9.49. The molecule has 0 unspecified atom stereocenters. The van der Waals surface area contributed by atoms with Gasteiger partial charge in [-0.25, -0.2) is 0 Å². The maximum absolute atomic E-state index is 13.5. The van der Waals surface area contributed by atoms with Gasteiger partial charge in [0.25, 0.3) is 11.1 Å². The number of aromatic nitrogens is 2. The smallest absolute Gasteiger partial charge is 0.302 e. The first-order valence-corrected chi connectivity index (χ1v) is 12.9. The fourth-order valence-electron chi connectivity index (χ4n) is 4.85. The number of likely N-dealkylation sites (N-methyl/N-ethyl adjacent to an activating group) is 1. The lowest BCUT2D eigenvalue weighted by molar-refractivity contribution is -0.138. The Kier molecular flexibility index (Phi) is 6.62. The van der Waals surface area contributed by atoms with Crippen LogP contribution in [0.1, 0.15) is 36.0 Å². The summed E-state index contributed by atoms with van der Waals surface area (Å²) < 4.78 is 42.0. The maximum atomic E-state index is 13.5. The lowest BCUT2D eigenvalue weighted by atomic mass is 9.75. The van der Waals surface area contributed by atoms with Crippen LogP contribution in [0.3, 0.4) is 0 Å². The second-order valence-corrected chi connectivity index (χ2v) is 11.1. The molecule has 2 amide bonds. The summed E-state index contributed by atoms with van der Waals surface area (Å²) in [5.74, 6) is -0.304. The van der Waals surface area contributed by atoms with E-state index in [1.165, 1.54) is 21.7 Å². The quantitative estimate of drug-likeness (QED) is 0.339. The summed E-state index contributed by atoms with van der Waals surface area (Å²) in [6.45, 7) is 0.291. The highest BCUT2D eigenvalue weighted by Crippen LogP contribution is 2.41. The van der Waals surface area contributed by atoms with E-state index >= 15 is 0 Å². The van der Waals surface area contributed by atoms with Gasteiger partial charge in [-0.3, -0.25) is 19.2 Å². The maximum Gasteiger partial charge on any atom is 0.416 e. The minimum Gasteiger partial charge on any atom is -0.302 e. The molecule has 0 spiro atoms. The first-order chi connectivity index (χ1) is 17.5. The van der Waals surface area contributed by atoms with Crippen molar-refractivity contribution in [2.24, 2.45) is 0 Å². The van der Waals surface area contributed by atoms with Gasteiger partial charge in [-0.05, 0) is 86.6 Å². The number of benzene rings is 2. The van der Waals surface area contributed by atoms with Crippen LogP contribution in [0.25, 0.3) is 17.0 Å². The fourth-order valence-corrected chi connectivity index (χ4v) is 5.86. The largest absolute Gasteiger partial charge is 0.416 e. The van der Waals surface area contributed by atoms with Gasteiger partial charge in [-0.2, -0.15) is 18.3 Å². The van der Waals surface area contributed by atoms with Gasteiger partial charge in [0.05, 0.1) is 28.7 Å². The van der Waals surface area contributed by atoms with Crippen molar-refractivity contribution in [1.82, 2.24) is 19.6 Å². The molecule has 3 aromatic rings. The molecule has 6 nitrogen and oxygen atoms in total. The molecule has 1 saturated carbocycles. The molecule has 11 heteroatoms. The summed E-state index contributed by atoms with van der Waals surface area (Å²) in [4.78, 5) is 29.5. The summed E-state index contributed by atoms with van der Waals surface area (Å²) >= 11 is 6.71. The van der Waals surface area contributed by atoms with E-state index in [4.69, 9.17) is 11.6 Å². The molecule has 2 aromatic carbocycles. The van der Waals surface area contributed by atoms with Gasteiger partial charge >= 0.3 is 6.18 Å². The molecule has 1 aliphatic heterocycles. The average Bonchev–Trinajstić information content (AvgIpc) is 3.31. The highest BCUT2D eigenvalue weighted by Gasteiger charge is 2.46. The number of halogens is 4.